The van der Waals surface area contributed by atoms with Crippen molar-refractivity contribution in [1.82, 2.24) is 0 Å². The van der Waals surface area contributed by atoms with Crippen LogP contribution in [0, 0.1) is 0 Å². The van der Waals surface area contributed by atoms with Crippen LogP contribution in [-0.2, 0) is 4.74 Å². The van der Waals surface area contributed by atoms with E-state index in [4.69, 9.17) is 4.74 Å². The Morgan fingerprint density at radius 1 is 1.55 bits per heavy atom. The van der Waals surface area contributed by atoms with Crippen molar-refractivity contribution in [3.05, 3.63) is 0 Å². The third-order valence-corrected chi connectivity index (χ3v) is 5.02. The minimum Gasteiger partial charge on any atom is -0.370 e. The lowest BCUT2D eigenvalue weighted by atomic mass is 10.2. The molecule has 4 heteroatoms. The van der Waals surface area contributed by atoms with Crippen molar-refractivity contribution in [3.63, 3.8) is 0 Å². The summed E-state index contributed by atoms with van der Waals surface area (Å²) in [6, 6.07) is 1.07. The maximum absolute atomic E-state index is 9.81. The molecule has 1 aliphatic heterocycles. The van der Waals surface area contributed by atoms with E-state index in [1.807, 2.05) is 0 Å². The van der Waals surface area contributed by atoms with Crippen LogP contribution in [-0.4, -0.2) is 32.4 Å². The van der Waals surface area contributed by atoms with Crippen molar-refractivity contribution >= 4 is 22.1 Å². The van der Waals surface area contributed by atoms with E-state index < -0.39 is 14.9 Å². The molecule has 1 rings (SSSR count). The van der Waals surface area contributed by atoms with Crippen LogP contribution in [0.15, 0.2) is 0 Å². The Kier molecular flexibility index (Phi) is 3.91. The molecule has 1 atom stereocenters. The fourth-order valence-corrected chi connectivity index (χ4v) is 3.36. The Bertz CT molecular complexity index is 115. The molecule has 0 saturated carbocycles. The van der Waals surface area contributed by atoms with E-state index in [-0.39, 0.29) is 0 Å². The molecule has 0 aromatic heterocycles. The van der Waals surface area contributed by atoms with E-state index in [1.165, 1.54) is 0 Å². The van der Waals surface area contributed by atoms with Crippen LogP contribution in [0.3, 0.4) is 0 Å². The standard InChI is InChI=1S/C7H16O2SSi/c8-7(11-6-5-10)3-1-2-4-9-7/h8,10H,1-6,11H2. The quantitative estimate of drug-likeness (QED) is 0.499. The Morgan fingerprint density at radius 2 is 2.36 bits per heavy atom. The van der Waals surface area contributed by atoms with Gasteiger partial charge in [0.2, 0.25) is 0 Å². The van der Waals surface area contributed by atoms with Gasteiger partial charge in [-0.3, -0.25) is 0 Å². The van der Waals surface area contributed by atoms with Crippen LogP contribution >= 0.6 is 12.6 Å². The Morgan fingerprint density at radius 3 is 2.91 bits per heavy atom. The van der Waals surface area contributed by atoms with Gasteiger partial charge in [-0.15, -0.1) is 0 Å². The third kappa shape index (κ3) is 3.15. The van der Waals surface area contributed by atoms with Gasteiger partial charge >= 0.3 is 0 Å². The molecule has 66 valence electrons. The number of hydrogen-bond acceptors (Lipinski definition) is 3. The molecule has 1 saturated heterocycles. The van der Waals surface area contributed by atoms with Crippen molar-refractivity contribution in [2.45, 2.75) is 30.7 Å². The second kappa shape index (κ2) is 4.50. The molecule has 0 radical (unpaired) electrons. The van der Waals surface area contributed by atoms with Crippen LogP contribution in [0.1, 0.15) is 19.3 Å². The molecule has 0 aromatic rings. The molecule has 11 heavy (non-hydrogen) atoms. The highest BCUT2D eigenvalue weighted by Crippen LogP contribution is 2.21. The second-order valence-corrected chi connectivity index (χ2v) is 5.84. The average molecular weight is 192 g/mol. The Balaban J connectivity index is 2.25. The topological polar surface area (TPSA) is 29.5 Å². The first kappa shape index (κ1) is 9.57. The number of rotatable bonds is 3. The lowest BCUT2D eigenvalue weighted by Crippen LogP contribution is -2.42. The smallest absolute Gasteiger partial charge is 0.141 e. The van der Waals surface area contributed by atoms with Gasteiger partial charge in [0.25, 0.3) is 0 Å². The number of aliphatic hydroxyl groups is 1. The summed E-state index contributed by atoms with van der Waals surface area (Å²) >= 11 is 4.13. The molecule has 0 bridgehead atoms. The van der Waals surface area contributed by atoms with E-state index in [0.29, 0.717) is 0 Å². The molecule has 1 aliphatic rings. The molecule has 1 fully saturated rings. The zero-order valence-corrected chi connectivity index (χ0v) is 9.06. The van der Waals surface area contributed by atoms with Crippen LogP contribution in [0.5, 0.6) is 0 Å². The minimum absolute atomic E-state index is 0.474. The van der Waals surface area contributed by atoms with Crippen LogP contribution in [0.25, 0.3) is 0 Å². The first-order chi connectivity index (χ1) is 5.27. The molecule has 1 unspecified atom stereocenters. The normalized spacial score (nSPS) is 33.3. The van der Waals surface area contributed by atoms with Crippen LogP contribution < -0.4 is 0 Å². The Hall–Kier alpha value is 0.487. The zero-order valence-electron chi connectivity index (χ0n) is 6.75. The van der Waals surface area contributed by atoms with Crippen LogP contribution in [0.2, 0.25) is 6.04 Å². The van der Waals surface area contributed by atoms with Gasteiger partial charge in [0.15, 0.2) is 0 Å². The van der Waals surface area contributed by atoms with Gasteiger partial charge < -0.3 is 9.84 Å². The summed E-state index contributed by atoms with van der Waals surface area (Å²) in [5.41, 5.74) is -0.680. The summed E-state index contributed by atoms with van der Waals surface area (Å²) in [5, 5.41) is 9.81. The largest absolute Gasteiger partial charge is 0.370 e. The number of hydrogen-bond donors (Lipinski definition) is 2. The summed E-state index contributed by atoms with van der Waals surface area (Å²) in [7, 11) is -0.474. The summed E-state index contributed by atoms with van der Waals surface area (Å²) in [5.74, 6) is 0.887. The SMILES string of the molecule is OC1([SiH2]CCS)CCCCO1. The number of thiol groups is 1. The fourth-order valence-electron chi connectivity index (χ4n) is 1.39. The molecule has 2 nitrogen and oxygen atoms in total. The van der Waals surface area contributed by atoms with Crippen molar-refractivity contribution in [2.75, 3.05) is 12.4 Å². The second-order valence-electron chi connectivity index (χ2n) is 3.08. The predicted molar refractivity (Wildman–Crippen MR) is 52.0 cm³/mol. The summed E-state index contributed by atoms with van der Waals surface area (Å²) < 4.78 is 5.35. The van der Waals surface area contributed by atoms with Gasteiger partial charge in [-0.25, -0.2) is 0 Å². The lowest BCUT2D eigenvalue weighted by molar-refractivity contribution is -0.164. The van der Waals surface area contributed by atoms with Crippen molar-refractivity contribution < 1.29 is 9.84 Å². The van der Waals surface area contributed by atoms with Gasteiger partial charge in [-0.05, 0) is 31.1 Å². The van der Waals surface area contributed by atoms with Gasteiger partial charge in [-0.1, -0.05) is 0 Å². The monoisotopic (exact) mass is 192 g/mol. The molecule has 1 heterocycles. The summed E-state index contributed by atoms with van der Waals surface area (Å²) in [6.07, 6.45) is 3.08. The molecule has 0 aromatic carbocycles. The van der Waals surface area contributed by atoms with E-state index in [2.05, 4.69) is 12.6 Å². The third-order valence-electron chi connectivity index (χ3n) is 2.06. The van der Waals surface area contributed by atoms with Gasteiger partial charge in [0.1, 0.15) is 5.41 Å². The Labute approximate surface area is 75.6 Å². The van der Waals surface area contributed by atoms with E-state index >= 15 is 0 Å². The lowest BCUT2D eigenvalue weighted by Gasteiger charge is -2.32. The van der Waals surface area contributed by atoms with Crippen molar-refractivity contribution in [2.24, 2.45) is 0 Å². The molecular weight excluding hydrogens is 176 g/mol. The first-order valence-electron chi connectivity index (χ1n) is 4.24. The maximum atomic E-state index is 9.81. The average Bonchev–Trinajstić information content (AvgIpc) is 2.03. The maximum Gasteiger partial charge on any atom is 0.141 e. The first-order valence-corrected chi connectivity index (χ1v) is 6.58. The molecule has 0 amide bonds. The van der Waals surface area contributed by atoms with Crippen molar-refractivity contribution in [3.8, 4) is 0 Å². The summed E-state index contributed by atoms with van der Waals surface area (Å²) in [6.45, 7) is 0.746. The van der Waals surface area contributed by atoms with Crippen molar-refractivity contribution in [1.29, 1.82) is 0 Å². The minimum atomic E-state index is -0.680. The van der Waals surface area contributed by atoms with E-state index in [0.717, 1.165) is 37.7 Å². The summed E-state index contributed by atoms with van der Waals surface area (Å²) in [4.78, 5) is 0. The highest BCUT2D eigenvalue weighted by molar-refractivity contribution is 7.80. The highest BCUT2D eigenvalue weighted by atomic mass is 32.1. The van der Waals surface area contributed by atoms with E-state index in [1.54, 1.807) is 0 Å². The van der Waals surface area contributed by atoms with Gasteiger partial charge in [-0.2, -0.15) is 12.6 Å². The zero-order chi connectivity index (χ0) is 8.16. The molecule has 0 spiro atoms. The molecule has 1 N–H and O–H groups in total. The predicted octanol–water partition coefficient (Wildman–Crippen LogP) is 0.350. The van der Waals surface area contributed by atoms with E-state index in [9.17, 15) is 5.11 Å². The van der Waals surface area contributed by atoms with Gasteiger partial charge in [0, 0.05) is 6.61 Å². The van der Waals surface area contributed by atoms with Crippen LogP contribution in [0.4, 0.5) is 0 Å². The highest BCUT2D eigenvalue weighted by Gasteiger charge is 2.29. The number of ether oxygens (including phenoxy) is 1. The fraction of sp³-hybridized carbons (Fsp3) is 1.00. The molecular formula is C7H16O2SSi. The molecule has 0 aliphatic carbocycles. The van der Waals surface area contributed by atoms with Gasteiger partial charge in [0.05, 0.1) is 9.52 Å².